The fraction of sp³-hybridized carbons (Fsp3) is 0.875. The average Bonchev–Trinajstić information content (AvgIpc) is 1.87. The van der Waals surface area contributed by atoms with E-state index in [-0.39, 0.29) is 0 Å². The first-order chi connectivity index (χ1) is 5.20. The lowest BCUT2D eigenvalue weighted by atomic mass is 10.2. The van der Waals surface area contributed by atoms with E-state index in [0.717, 1.165) is 19.6 Å². The Morgan fingerprint density at radius 3 is 2.00 bits per heavy atom. The van der Waals surface area contributed by atoms with Gasteiger partial charge in [-0.05, 0) is 12.8 Å². The molecule has 1 radical (unpaired) electrons. The number of nitrogens with two attached hydrogens (primary N) is 2. The lowest BCUT2D eigenvalue weighted by Gasteiger charge is -2.22. The summed E-state index contributed by atoms with van der Waals surface area (Å²) in [5, 5.41) is 0. The Hall–Kier alpha value is -0.120. The predicted octanol–water partition coefficient (Wildman–Crippen LogP) is -0.324. The molecule has 0 amide bonds. The highest BCUT2D eigenvalue weighted by molar-refractivity contribution is 4.64. The largest absolute Gasteiger partial charge is 0.329 e. The van der Waals surface area contributed by atoms with Crippen molar-refractivity contribution in [1.82, 2.24) is 4.90 Å². The number of hydrogen-bond acceptors (Lipinski definition) is 3. The van der Waals surface area contributed by atoms with Crippen LogP contribution >= 0.6 is 0 Å². The highest BCUT2D eigenvalue weighted by Gasteiger charge is 2.03. The van der Waals surface area contributed by atoms with Crippen LogP contribution in [0.2, 0.25) is 0 Å². The van der Waals surface area contributed by atoms with Crippen LogP contribution in [0.5, 0.6) is 0 Å². The van der Waals surface area contributed by atoms with Crippen LogP contribution in [0.3, 0.4) is 0 Å². The van der Waals surface area contributed by atoms with Crippen LogP contribution in [0.15, 0.2) is 0 Å². The SMILES string of the molecule is [CH2]C(C)CN(CCN)CCN. The number of rotatable bonds is 6. The van der Waals surface area contributed by atoms with E-state index in [1.165, 1.54) is 0 Å². The van der Waals surface area contributed by atoms with Crippen molar-refractivity contribution in [3.8, 4) is 0 Å². The number of hydrogen-bond donors (Lipinski definition) is 2. The van der Waals surface area contributed by atoms with Gasteiger partial charge >= 0.3 is 0 Å². The van der Waals surface area contributed by atoms with Crippen molar-refractivity contribution in [2.75, 3.05) is 32.7 Å². The van der Waals surface area contributed by atoms with Gasteiger partial charge in [0.2, 0.25) is 0 Å². The summed E-state index contributed by atoms with van der Waals surface area (Å²) < 4.78 is 0. The maximum absolute atomic E-state index is 5.43. The topological polar surface area (TPSA) is 55.3 Å². The molecule has 0 bridgehead atoms. The quantitative estimate of drug-likeness (QED) is 0.557. The highest BCUT2D eigenvalue weighted by atomic mass is 15.1. The maximum atomic E-state index is 5.43. The molecule has 0 aliphatic carbocycles. The Labute approximate surface area is 69.7 Å². The molecule has 0 rings (SSSR count). The fourth-order valence-corrected chi connectivity index (χ4v) is 1.10. The first-order valence-corrected chi connectivity index (χ1v) is 4.16. The summed E-state index contributed by atoms with van der Waals surface area (Å²) in [7, 11) is 0. The molecule has 1 unspecified atom stereocenters. The van der Waals surface area contributed by atoms with Gasteiger partial charge in [0.25, 0.3) is 0 Å². The first kappa shape index (κ1) is 10.9. The summed E-state index contributed by atoms with van der Waals surface area (Å²) in [6, 6.07) is 0. The summed E-state index contributed by atoms with van der Waals surface area (Å²) in [4.78, 5) is 2.25. The van der Waals surface area contributed by atoms with Crippen molar-refractivity contribution in [3.05, 3.63) is 6.92 Å². The van der Waals surface area contributed by atoms with E-state index in [0.29, 0.717) is 19.0 Å². The molecular weight excluding hydrogens is 138 g/mol. The normalized spacial score (nSPS) is 11.5. The van der Waals surface area contributed by atoms with Crippen LogP contribution < -0.4 is 11.5 Å². The van der Waals surface area contributed by atoms with Gasteiger partial charge in [-0.3, -0.25) is 0 Å². The molecule has 4 N–H and O–H groups in total. The minimum Gasteiger partial charge on any atom is -0.329 e. The van der Waals surface area contributed by atoms with E-state index in [2.05, 4.69) is 18.7 Å². The summed E-state index contributed by atoms with van der Waals surface area (Å²) in [6.07, 6.45) is 0. The van der Waals surface area contributed by atoms with Crippen molar-refractivity contribution < 1.29 is 0 Å². The minimum atomic E-state index is 0.452. The van der Waals surface area contributed by atoms with Gasteiger partial charge in [-0.1, -0.05) is 6.92 Å². The van der Waals surface area contributed by atoms with Crippen LogP contribution in [0.1, 0.15) is 6.92 Å². The average molecular weight is 158 g/mol. The molecule has 3 nitrogen and oxygen atoms in total. The van der Waals surface area contributed by atoms with E-state index in [4.69, 9.17) is 11.5 Å². The van der Waals surface area contributed by atoms with E-state index < -0.39 is 0 Å². The smallest absolute Gasteiger partial charge is 0.0105 e. The van der Waals surface area contributed by atoms with Gasteiger partial charge in [0.15, 0.2) is 0 Å². The molecule has 0 aliphatic heterocycles. The van der Waals surface area contributed by atoms with Gasteiger partial charge in [0.05, 0.1) is 0 Å². The molecule has 0 spiro atoms. The second kappa shape index (κ2) is 6.58. The zero-order valence-electron chi connectivity index (χ0n) is 7.42. The van der Waals surface area contributed by atoms with Crippen LogP contribution in [-0.4, -0.2) is 37.6 Å². The monoisotopic (exact) mass is 158 g/mol. The highest BCUT2D eigenvalue weighted by Crippen LogP contribution is 1.95. The molecule has 0 aromatic carbocycles. The van der Waals surface area contributed by atoms with Crippen molar-refractivity contribution in [2.24, 2.45) is 17.4 Å². The Bertz CT molecular complexity index is 77.4. The molecule has 0 saturated carbocycles. The second-order valence-electron chi connectivity index (χ2n) is 2.98. The Balaban J connectivity index is 3.50. The lowest BCUT2D eigenvalue weighted by molar-refractivity contribution is 0.266. The Kier molecular flexibility index (Phi) is 6.51. The van der Waals surface area contributed by atoms with Crippen LogP contribution in [0.25, 0.3) is 0 Å². The standard InChI is InChI=1S/C8H20N3/c1-8(2)7-11(5-3-9)6-4-10/h8H,1,3-7,9-10H2,2H3. The van der Waals surface area contributed by atoms with Crippen molar-refractivity contribution >= 4 is 0 Å². The summed E-state index contributed by atoms with van der Waals surface area (Å²) in [5.74, 6) is 0.452. The van der Waals surface area contributed by atoms with E-state index in [1.807, 2.05) is 0 Å². The molecule has 1 atom stereocenters. The zero-order valence-corrected chi connectivity index (χ0v) is 7.42. The predicted molar refractivity (Wildman–Crippen MR) is 49.1 cm³/mol. The third kappa shape index (κ3) is 6.28. The molecule has 0 fully saturated rings. The van der Waals surface area contributed by atoms with Crippen LogP contribution in [-0.2, 0) is 0 Å². The molecule has 0 aromatic rings. The third-order valence-electron chi connectivity index (χ3n) is 1.46. The van der Waals surface area contributed by atoms with Gasteiger partial charge in [0.1, 0.15) is 0 Å². The van der Waals surface area contributed by atoms with Crippen molar-refractivity contribution in [2.45, 2.75) is 6.92 Å². The van der Waals surface area contributed by atoms with Gasteiger partial charge in [0, 0.05) is 32.7 Å². The van der Waals surface area contributed by atoms with Crippen molar-refractivity contribution in [3.63, 3.8) is 0 Å². The zero-order chi connectivity index (χ0) is 8.69. The second-order valence-corrected chi connectivity index (χ2v) is 2.98. The van der Waals surface area contributed by atoms with Crippen LogP contribution in [0, 0.1) is 12.8 Å². The van der Waals surface area contributed by atoms with Gasteiger partial charge in [-0.25, -0.2) is 0 Å². The maximum Gasteiger partial charge on any atom is 0.0105 e. The molecule has 3 heteroatoms. The fourth-order valence-electron chi connectivity index (χ4n) is 1.10. The summed E-state index contributed by atoms with van der Waals surface area (Å²) in [6.45, 7) is 10.3. The molecular formula is C8H20N3. The third-order valence-corrected chi connectivity index (χ3v) is 1.46. The number of nitrogens with zero attached hydrogens (tertiary/aromatic N) is 1. The molecule has 11 heavy (non-hydrogen) atoms. The lowest BCUT2D eigenvalue weighted by Crippen LogP contribution is -2.36. The van der Waals surface area contributed by atoms with E-state index in [1.54, 1.807) is 0 Å². The Morgan fingerprint density at radius 1 is 1.27 bits per heavy atom. The summed E-state index contributed by atoms with van der Waals surface area (Å²) >= 11 is 0. The van der Waals surface area contributed by atoms with Gasteiger partial charge < -0.3 is 16.4 Å². The molecule has 0 heterocycles. The summed E-state index contributed by atoms with van der Waals surface area (Å²) in [5.41, 5.74) is 10.9. The van der Waals surface area contributed by atoms with Crippen molar-refractivity contribution in [1.29, 1.82) is 0 Å². The van der Waals surface area contributed by atoms with E-state index in [9.17, 15) is 0 Å². The molecule has 0 aromatic heterocycles. The minimum absolute atomic E-state index is 0.452. The van der Waals surface area contributed by atoms with Gasteiger partial charge in [-0.2, -0.15) is 0 Å². The first-order valence-electron chi connectivity index (χ1n) is 4.16. The molecule has 0 saturated heterocycles. The Morgan fingerprint density at radius 2 is 1.73 bits per heavy atom. The van der Waals surface area contributed by atoms with Gasteiger partial charge in [-0.15, -0.1) is 0 Å². The van der Waals surface area contributed by atoms with E-state index >= 15 is 0 Å². The molecule has 67 valence electrons. The molecule has 0 aliphatic rings. The van der Waals surface area contributed by atoms with Crippen LogP contribution in [0.4, 0.5) is 0 Å².